The number of furan rings is 1. The molecule has 0 saturated heterocycles. The average Bonchev–Trinajstić information content (AvgIpc) is 3.12. The van der Waals surface area contributed by atoms with Gasteiger partial charge in [0.25, 0.3) is 5.91 Å². The smallest absolute Gasteiger partial charge is 0.261 e. The van der Waals surface area contributed by atoms with Crippen molar-refractivity contribution in [3.8, 4) is 0 Å². The number of rotatable bonds is 7. The predicted molar refractivity (Wildman–Crippen MR) is 112 cm³/mol. The largest absolute Gasteiger partial charge is 0.459 e. The van der Waals surface area contributed by atoms with Crippen LogP contribution in [0.3, 0.4) is 0 Å². The van der Waals surface area contributed by atoms with Crippen molar-refractivity contribution in [1.29, 1.82) is 0 Å². The lowest BCUT2D eigenvalue weighted by Gasteiger charge is -2.10. The Hall–Kier alpha value is -3.61. The van der Waals surface area contributed by atoms with E-state index in [4.69, 9.17) is 9.25 Å². The van der Waals surface area contributed by atoms with Crippen LogP contribution >= 0.6 is 0 Å². The molecule has 0 aliphatic rings. The van der Waals surface area contributed by atoms with Crippen LogP contribution < -0.4 is 10.6 Å². The van der Waals surface area contributed by atoms with Crippen LogP contribution in [0.2, 0.25) is 0 Å². The molecule has 2 aromatic carbocycles. The average molecular weight is 393 g/mol. The Morgan fingerprint density at radius 1 is 1.10 bits per heavy atom. The van der Waals surface area contributed by atoms with Crippen LogP contribution in [0.1, 0.15) is 38.1 Å². The molecule has 7 nitrogen and oxygen atoms in total. The van der Waals surface area contributed by atoms with Crippen molar-refractivity contribution in [2.45, 2.75) is 26.8 Å². The Morgan fingerprint density at radius 2 is 1.83 bits per heavy atom. The van der Waals surface area contributed by atoms with E-state index in [1.165, 1.54) is 6.92 Å². The van der Waals surface area contributed by atoms with E-state index in [0.29, 0.717) is 17.2 Å². The molecule has 0 spiro atoms. The number of nitrogens with one attached hydrogen (secondary N) is 2. The lowest BCUT2D eigenvalue weighted by molar-refractivity contribution is -0.126. The van der Waals surface area contributed by atoms with Crippen LogP contribution in [0, 0.1) is 0 Å². The summed E-state index contributed by atoms with van der Waals surface area (Å²) in [6.07, 6.45) is 0. The Labute approximate surface area is 168 Å². The van der Waals surface area contributed by atoms with E-state index >= 15 is 0 Å². The molecule has 0 bridgehead atoms. The van der Waals surface area contributed by atoms with Crippen molar-refractivity contribution >= 4 is 34.2 Å². The van der Waals surface area contributed by atoms with E-state index in [2.05, 4.69) is 15.8 Å². The summed E-state index contributed by atoms with van der Waals surface area (Å²) in [5, 5.41) is 10.5. The minimum atomic E-state index is -0.296. The first-order valence-corrected chi connectivity index (χ1v) is 9.25. The number of carbonyl (C=O) groups is 2. The lowest BCUT2D eigenvalue weighted by atomic mass is 10.1. The molecule has 0 aliphatic carbocycles. The molecule has 0 radical (unpaired) electrons. The van der Waals surface area contributed by atoms with Gasteiger partial charge in [0.2, 0.25) is 5.91 Å². The first kappa shape index (κ1) is 20.1. The van der Waals surface area contributed by atoms with Gasteiger partial charge in [-0.1, -0.05) is 35.5 Å². The van der Waals surface area contributed by atoms with E-state index in [-0.39, 0.29) is 24.5 Å². The summed E-state index contributed by atoms with van der Waals surface area (Å²) >= 11 is 0. The van der Waals surface area contributed by atoms with Gasteiger partial charge in [0, 0.05) is 18.0 Å². The number of hydrogen-bond acceptors (Lipinski definition) is 5. The standard InChI is InChI=1S/C22H23N3O4/c1-14(17-8-10-19(11-9-17)24-16(3)26)25-28-13-22(27)23-15(2)21-12-18-6-4-5-7-20(18)29-21/h4-12,15H,13H2,1-3H3,(H,23,27)(H,24,26)/b25-14+. The molecule has 1 atom stereocenters. The van der Waals surface area contributed by atoms with Crippen molar-refractivity contribution in [3.05, 3.63) is 65.9 Å². The SMILES string of the molecule is CC(=O)Nc1ccc(/C(C)=N/OCC(=O)NC(C)c2cc3ccccc3o2)cc1. The molecular formula is C22H23N3O4. The van der Waals surface area contributed by atoms with E-state index in [0.717, 1.165) is 16.5 Å². The molecule has 2 N–H and O–H groups in total. The van der Waals surface area contributed by atoms with Gasteiger partial charge < -0.3 is 19.9 Å². The fraction of sp³-hybridized carbons (Fsp3) is 0.227. The van der Waals surface area contributed by atoms with Crippen molar-refractivity contribution in [2.24, 2.45) is 5.16 Å². The first-order valence-electron chi connectivity index (χ1n) is 9.25. The van der Waals surface area contributed by atoms with E-state index in [1.807, 2.05) is 49.4 Å². The van der Waals surface area contributed by atoms with Gasteiger partial charge in [-0.2, -0.15) is 0 Å². The normalized spacial score (nSPS) is 12.4. The van der Waals surface area contributed by atoms with Crippen LogP contribution in [0.25, 0.3) is 11.0 Å². The minimum Gasteiger partial charge on any atom is -0.459 e. The molecule has 0 fully saturated rings. The fourth-order valence-electron chi connectivity index (χ4n) is 2.81. The monoisotopic (exact) mass is 393 g/mol. The van der Waals surface area contributed by atoms with Crippen molar-refractivity contribution in [3.63, 3.8) is 0 Å². The summed E-state index contributed by atoms with van der Waals surface area (Å²) in [5.41, 5.74) is 2.94. The number of hydrogen-bond donors (Lipinski definition) is 2. The second kappa shape index (κ2) is 9.05. The van der Waals surface area contributed by atoms with E-state index < -0.39 is 0 Å². The molecule has 0 aliphatic heterocycles. The van der Waals surface area contributed by atoms with Gasteiger partial charge in [0.05, 0.1) is 11.8 Å². The van der Waals surface area contributed by atoms with E-state index in [1.54, 1.807) is 19.1 Å². The van der Waals surface area contributed by atoms with Crippen LogP contribution in [-0.2, 0) is 14.4 Å². The number of anilines is 1. The topological polar surface area (TPSA) is 92.9 Å². The minimum absolute atomic E-state index is 0.130. The third kappa shape index (κ3) is 5.44. The Morgan fingerprint density at radius 3 is 2.52 bits per heavy atom. The number of para-hydroxylation sites is 1. The third-order valence-electron chi connectivity index (χ3n) is 4.27. The molecule has 1 heterocycles. The highest BCUT2D eigenvalue weighted by Crippen LogP contribution is 2.23. The zero-order valence-electron chi connectivity index (χ0n) is 16.6. The Balaban J connectivity index is 1.51. The predicted octanol–water partition coefficient (Wildman–Crippen LogP) is 4.01. The summed E-state index contributed by atoms with van der Waals surface area (Å²) < 4.78 is 5.76. The molecule has 29 heavy (non-hydrogen) atoms. The first-order chi connectivity index (χ1) is 13.9. The Bertz CT molecular complexity index is 1000. The maximum atomic E-state index is 12.1. The summed E-state index contributed by atoms with van der Waals surface area (Å²) in [4.78, 5) is 28.3. The van der Waals surface area contributed by atoms with Crippen LogP contribution in [-0.4, -0.2) is 24.1 Å². The van der Waals surface area contributed by atoms with Crippen molar-refractivity contribution in [1.82, 2.24) is 5.32 Å². The molecule has 1 aromatic heterocycles. The van der Waals surface area contributed by atoms with Gasteiger partial charge in [0.1, 0.15) is 11.3 Å². The quantitative estimate of drug-likeness (QED) is 0.469. The second-order valence-corrected chi connectivity index (χ2v) is 6.68. The van der Waals surface area contributed by atoms with Gasteiger partial charge in [0.15, 0.2) is 6.61 Å². The molecule has 150 valence electrons. The molecule has 3 rings (SSSR count). The highest BCUT2D eigenvalue weighted by molar-refractivity contribution is 5.99. The third-order valence-corrected chi connectivity index (χ3v) is 4.27. The maximum absolute atomic E-state index is 12.1. The number of amides is 2. The highest BCUT2D eigenvalue weighted by atomic mass is 16.6. The van der Waals surface area contributed by atoms with Gasteiger partial charge in [-0.15, -0.1) is 0 Å². The van der Waals surface area contributed by atoms with Crippen molar-refractivity contribution in [2.75, 3.05) is 11.9 Å². The number of fused-ring (bicyclic) bond motifs is 1. The van der Waals surface area contributed by atoms with Crippen LogP contribution in [0.5, 0.6) is 0 Å². The molecule has 0 saturated carbocycles. The summed E-state index contributed by atoms with van der Waals surface area (Å²) in [5.74, 6) is 0.253. The molecule has 1 unspecified atom stereocenters. The molecular weight excluding hydrogens is 370 g/mol. The fourth-order valence-corrected chi connectivity index (χ4v) is 2.81. The van der Waals surface area contributed by atoms with Gasteiger partial charge in [-0.25, -0.2) is 0 Å². The molecule has 3 aromatic rings. The van der Waals surface area contributed by atoms with Gasteiger partial charge >= 0.3 is 0 Å². The lowest BCUT2D eigenvalue weighted by Crippen LogP contribution is -2.29. The second-order valence-electron chi connectivity index (χ2n) is 6.68. The molecule has 2 amide bonds. The van der Waals surface area contributed by atoms with Crippen LogP contribution in [0.15, 0.2) is 64.2 Å². The summed E-state index contributed by atoms with van der Waals surface area (Å²) in [6, 6.07) is 16.5. The zero-order valence-corrected chi connectivity index (χ0v) is 16.6. The van der Waals surface area contributed by atoms with Crippen molar-refractivity contribution < 1.29 is 18.8 Å². The van der Waals surface area contributed by atoms with Gasteiger partial charge in [-0.3, -0.25) is 9.59 Å². The summed E-state index contributed by atoms with van der Waals surface area (Å²) in [6.45, 7) is 4.88. The summed E-state index contributed by atoms with van der Waals surface area (Å²) in [7, 11) is 0. The maximum Gasteiger partial charge on any atom is 0.261 e. The molecule has 7 heteroatoms. The van der Waals surface area contributed by atoms with Crippen LogP contribution in [0.4, 0.5) is 5.69 Å². The Kier molecular flexibility index (Phi) is 6.29. The highest BCUT2D eigenvalue weighted by Gasteiger charge is 2.14. The van der Waals surface area contributed by atoms with E-state index in [9.17, 15) is 9.59 Å². The van der Waals surface area contributed by atoms with Gasteiger partial charge in [-0.05, 0) is 43.7 Å². The number of nitrogens with zero attached hydrogens (tertiary/aromatic N) is 1. The zero-order chi connectivity index (χ0) is 20.8. The number of carbonyl (C=O) groups excluding carboxylic acids is 2. The number of oxime groups is 1. The number of benzene rings is 2.